The first-order valence-electron chi connectivity index (χ1n) is 6.30. The summed E-state index contributed by atoms with van der Waals surface area (Å²) in [6.07, 6.45) is -0.718. The van der Waals surface area contributed by atoms with E-state index >= 15 is 0 Å². The number of hydrogen-bond donors (Lipinski definition) is 2. The molecular formula is C15H14Cl2FNO2. The molecule has 3 nitrogen and oxygen atoms in total. The molecule has 0 radical (unpaired) electrons. The highest BCUT2D eigenvalue weighted by molar-refractivity contribution is 6.31. The Balaban J connectivity index is 1.77. The molecule has 0 aromatic heterocycles. The summed E-state index contributed by atoms with van der Waals surface area (Å²) in [7, 11) is 0. The summed E-state index contributed by atoms with van der Waals surface area (Å²) < 4.78 is 18.4. The van der Waals surface area contributed by atoms with Crippen LogP contribution in [0.25, 0.3) is 0 Å². The molecule has 2 N–H and O–H groups in total. The number of anilines is 1. The largest absolute Gasteiger partial charge is 0.491 e. The lowest BCUT2D eigenvalue weighted by Gasteiger charge is -2.14. The van der Waals surface area contributed by atoms with E-state index in [0.717, 1.165) is 0 Å². The Morgan fingerprint density at radius 1 is 1.14 bits per heavy atom. The SMILES string of the molecule is OC(CNc1ccc(F)c(Cl)c1)COc1ccc(Cl)cc1. The minimum Gasteiger partial charge on any atom is -0.491 e. The van der Waals surface area contributed by atoms with Crippen molar-refractivity contribution in [1.29, 1.82) is 0 Å². The van der Waals surface area contributed by atoms with Gasteiger partial charge in [-0.25, -0.2) is 4.39 Å². The molecule has 0 heterocycles. The van der Waals surface area contributed by atoms with Gasteiger partial charge in [-0.2, -0.15) is 0 Å². The zero-order valence-corrected chi connectivity index (χ0v) is 12.5. The number of ether oxygens (including phenoxy) is 1. The number of rotatable bonds is 6. The molecule has 1 unspecified atom stereocenters. The Morgan fingerprint density at radius 3 is 2.52 bits per heavy atom. The maximum Gasteiger partial charge on any atom is 0.141 e. The highest BCUT2D eigenvalue weighted by Gasteiger charge is 2.06. The van der Waals surface area contributed by atoms with Gasteiger partial charge in [0.1, 0.15) is 24.3 Å². The van der Waals surface area contributed by atoms with Crippen LogP contribution >= 0.6 is 23.2 Å². The van der Waals surface area contributed by atoms with Gasteiger partial charge in [0.2, 0.25) is 0 Å². The van der Waals surface area contributed by atoms with Crippen molar-refractivity contribution in [2.45, 2.75) is 6.10 Å². The molecule has 6 heteroatoms. The van der Waals surface area contributed by atoms with Gasteiger partial charge in [-0.15, -0.1) is 0 Å². The molecule has 0 fully saturated rings. The minimum atomic E-state index is -0.718. The fraction of sp³-hybridized carbons (Fsp3) is 0.200. The number of aliphatic hydroxyl groups is 1. The molecule has 0 saturated heterocycles. The van der Waals surface area contributed by atoms with Gasteiger partial charge in [0, 0.05) is 17.3 Å². The van der Waals surface area contributed by atoms with E-state index in [2.05, 4.69) is 5.32 Å². The Bertz CT molecular complexity index is 593. The Labute approximate surface area is 132 Å². The first-order valence-corrected chi connectivity index (χ1v) is 7.05. The molecule has 0 saturated carbocycles. The smallest absolute Gasteiger partial charge is 0.141 e. The molecule has 21 heavy (non-hydrogen) atoms. The van der Waals surface area contributed by atoms with Gasteiger partial charge in [-0.05, 0) is 42.5 Å². The van der Waals surface area contributed by atoms with Crippen molar-refractivity contribution in [1.82, 2.24) is 0 Å². The summed E-state index contributed by atoms with van der Waals surface area (Å²) in [4.78, 5) is 0. The molecule has 0 amide bonds. The van der Waals surface area contributed by atoms with Crippen molar-refractivity contribution in [3.8, 4) is 5.75 Å². The summed E-state index contributed by atoms with van der Waals surface area (Å²) >= 11 is 11.4. The zero-order valence-electron chi connectivity index (χ0n) is 11.0. The highest BCUT2D eigenvalue weighted by atomic mass is 35.5. The zero-order chi connectivity index (χ0) is 15.2. The normalized spacial score (nSPS) is 12.0. The predicted molar refractivity (Wildman–Crippen MR) is 82.9 cm³/mol. The Morgan fingerprint density at radius 2 is 1.86 bits per heavy atom. The van der Waals surface area contributed by atoms with Gasteiger partial charge in [0.05, 0.1) is 5.02 Å². The van der Waals surface area contributed by atoms with Gasteiger partial charge < -0.3 is 15.2 Å². The van der Waals surface area contributed by atoms with Crippen LogP contribution in [0.1, 0.15) is 0 Å². The highest BCUT2D eigenvalue weighted by Crippen LogP contribution is 2.19. The molecule has 0 aliphatic rings. The van der Waals surface area contributed by atoms with E-state index in [-0.39, 0.29) is 18.2 Å². The van der Waals surface area contributed by atoms with Crippen LogP contribution in [0.5, 0.6) is 5.75 Å². The van der Waals surface area contributed by atoms with Crippen molar-refractivity contribution in [2.75, 3.05) is 18.5 Å². The van der Waals surface area contributed by atoms with Crippen LogP contribution in [-0.2, 0) is 0 Å². The van der Waals surface area contributed by atoms with E-state index in [1.165, 1.54) is 12.1 Å². The fourth-order valence-electron chi connectivity index (χ4n) is 1.62. The molecule has 0 aliphatic carbocycles. The van der Waals surface area contributed by atoms with Gasteiger partial charge in [-0.1, -0.05) is 23.2 Å². The number of hydrogen-bond acceptors (Lipinski definition) is 3. The average molecular weight is 330 g/mol. The fourth-order valence-corrected chi connectivity index (χ4v) is 1.93. The number of halogens is 3. The maximum atomic E-state index is 13.0. The van der Waals surface area contributed by atoms with E-state index in [0.29, 0.717) is 16.5 Å². The average Bonchev–Trinajstić information content (AvgIpc) is 2.48. The summed E-state index contributed by atoms with van der Waals surface area (Å²) in [6.45, 7) is 0.388. The predicted octanol–water partition coefficient (Wildman–Crippen LogP) is 3.98. The first-order chi connectivity index (χ1) is 10.0. The van der Waals surface area contributed by atoms with Crippen LogP contribution in [0.4, 0.5) is 10.1 Å². The lowest BCUT2D eigenvalue weighted by atomic mass is 10.3. The van der Waals surface area contributed by atoms with Crippen LogP contribution in [0.3, 0.4) is 0 Å². The molecule has 2 aromatic carbocycles. The van der Waals surface area contributed by atoms with E-state index in [1.807, 2.05) is 0 Å². The molecule has 0 bridgehead atoms. The third-order valence-corrected chi connectivity index (χ3v) is 3.26. The molecule has 112 valence electrons. The third-order valence-electron chi connectivity index (χ3n) is 2.72. The van der Waals surface area contributed by atoms with Gasteiger partial charge in [-0.3, -0.25) is 0 Å². The summed E-state index contributed by atoms with van der Waals surface area (Å²) in [5, 5.41) is 13.4. The number of aliphatic hydroxyl groups excluding tert-OH is 1. The van der Waals surface area contributed by atoms with Crippen molar-refractivity contribution >= 4 is 28.9 Å². The standard InChI is InChI=1S/C15H14Cl2FNO2/c16-10-1-4-13(5-2-10)21-9-12(20)8-19-11-3-6-15(18)14(17)7-11/h1-7,12,19-20H,8-9H2. The quantitative estimate of drug-likeness (QED) is 0.842. The van der Waals surface area contributed by atoms with Crippen molar-refractivity contribution in [3.05, 3.63) is 58.3 Å². The number of benzene rings is 2. The van der Waals surface area contributed by atoms with E-state index in [1.54, 1.807) is 30.3 Å². The molecular weight excluding hydrogens is 316 g/mol. The lowest BCUT2D eigenvalue weighted by molar-refractivity contribution is 0.117. The third kappa shape index (κ3) is 5.08. The van der Waals surface area contributed by atoms with Crippen LogP contribution in [0.15, 0.2) is 42.5 Å². The van der Waals surface area contributed by atoms with Gasteiger partial charge in [0.25, 0.3) is 0 Å². The topological polar surface area (TPSA) is 41.5 Å². The second-order valence-electron chi connectivity index (χ2n) is 4.43. The second-order valence-corrected chi connectivity index (χ2v) is 5.27. The van der Waals surface area contributed by atoms with E-state index < -0.39 is 11.9 Å². The lowest BCUT2D eigenvalue weighted by Crippen LogP contribution is -2.26. The molecule has 2 aromatic rings. The van der Waals surface area contributed by atoms with Crippen LogP contribution in [0, 0.1) is 5.82 Å². The van der Waals surface area contributed by atoms with Gasteiger partial charge >= 0.3 is 0 Å². The summed E-state index contributed by atoms with van der Waals surface area (Å²) in [5.41, 5.74) is 0.631. The second kappa shape index (κ2) is 7.50. The maximum absolute atomic E-state index is 13.0. The summed E-state index contributed by atoms with van der Waals surface area (Å²) in [5.74, 6) is 0.150. The first kappa shape index (κ1) is 15.9. The Kier molecular flexibility index (Phi) is 5.67. The minimum absolute atomic E-state index is 0.0342. The molecule has 0 spiro atoms. The van der Waals surface area contributed by atoms with Crippen LogP contribution in [0.2, 0.25) is 10.0 Å². The van der Waals surface area contributed by atoms with Crippen molar-refractivity contribution < 1.29 is 14.2 Å². The summed E-state index contributed by atoms with van der Waals surface area (Å²) in [6, 6.07) is 11.1. The van der Waals surface area contributed by atoms with E-state index in [9.17, 15) is 9.50 Å². The van der Waals surface area contributed by atoms with Crippen molar-refractivity contribution in [2.24, 2.45) is 0 Å². The van der Waals surface area contributed by atoms with E-state index in [4.69, 9.17) is 27.9 Å². The van der Waals surface area contributed by atoms with Crippen molar-refractivity contribution in [3.63, 3.8) is 0 Å². The van der Waals surface area contributed by atoms with Crippen LogP contribution < -0.4 is 10.1 Å². The molecule has 2 rings (SSSR count). The van der Waals surface area contributed by atoms with Crippen LogP contribution in [-0.4, -0.2) is 24.4 Å². The molecule has 0 aliphatic heterocycles. The molecule has 1 atom stereocenters. The Hall–Kier alpha value is -1.49. The van der Waals surface area contributed by atoms with Gasteiger partial charge in [0.15, 0.2) is 0 Å². The number of nitrogens with one attached hydrogen (secondary N) is 1. The monoisotopic (exact) mass is 329 g/mol.